The molecule has 0 saturated carbocycles. The Balaban J connectivity index is 2.44. The van der Waals surface area contributed by atoms with Crippen molar-refractivity contribution in [2.75, 3.05) is 13.2 Å². The molecule has 0 radical (unpaired) electrons. The molecule has 0 aliphatic heterocycles. The van der Waals surface area contributed by atoms with Crippen molar-refractivity contribution in [2.24, 2.45) is 5.92 Å². The van der Waals surface area contributed by atoms with Crippen LogP contribution >= 0.6 is 0 Å². The van der Waals surface area contributed by atoms with E-state index in [0.29, 0.717) is 18.9 Å². The molecule has 1 atom stereocenters. The number of aliphatic hydroxyl groups excluding tert-OH is 1. The molecule has 1 aromatic carbocycles. The highest BCUT2D eigenvalue weighted by Gasteiger charge is 2.09. The maximum Gasteiger partial charge on any atom is 0.224 e. The largest absolute Gasteiger partial charge is 0.396 e. The maximum atomic E-state index is 11.9. The number of carbonyl (C=O) groups is 1. The van der Waals surface area contributed by atoms with E-state index < -0.39 is 0 Å². The summed E-state index contributed by atoms with van der Waals surface area (Å²) in [7, 11) is 0. The van der Waals surface area contributed by atoms with Crippen LogP contribution in [-0.4, -0.2) is 24.2 Å². The topological polar surface area (TPSA) is 49.3 Å². The van der Waals surface area contributed by atoms with E-state index >= 15 is 0 Å². The quantitative estimate of drug-likeness (QED) is 0.793. The highest BCUT2D eigenvalue weighted by molar-refractivity contribution is 5.78. The van der Waals surface area contributed by atoms with Crippen molar-refractivity contribution >= 4 is 5.91 Å². The number of nitrogens with one attached hydrogen (secondary N) is 1. The van der Waals surface area contributed by atoms with Gasteiger partial charge in [-0.25, -0.2) is 0 Å². The van der Waals surface area contributed by atoms with Gasteiger partial charge in [0.15, 0.2) is 0 Å². The minimum Gasteiger partial charge on any atom is -0.396 e. The molecule has 1 aromatic rings. The van der Waals surface area contributed by atoms with Crippen molar-refractivity contribution in [2.45, 2.75) is 40.0 Å². The predicted octanol–water partition coefficient (Wildman–Crippen LogP) is 2.37. The molecule has 0 saturated heterocycles. The van der Waals surface area contributed by atoms with Crippen LogP contribution in [0.1, 0.15) is 36.5 Å². The number of hydrogen-bond acceptors (Lipinski definition) is 2. The summed E-state index contributed by atoms with van der Waals surface area (Å²) in [6.45, 7) is 7.05. The van der Waals surface area contributed by atoms with Crippen molar-refractivity contribution in [1.82, 2.24) is 5.32 Å². The van der Waals surface area contributed by atoms with E-state index in [9.17, 15) is 4.79 Å². The predicted molar refractivity (Wildman–Crippen MR) is 78.1 cm³/mol. The lowest BCUT2D eigenvalue weighted by molar-refractivity contribution is -0.120. The van der Waals surface area contributed by atoms with E-state index in [1.54, 1.807) is 0 Å². The summed E-state index contributed by atoms with van der Waals surface area (Å²) in [6.07, 6.45) is 2.15. The van der Waals surface area contributed by atoms with E-state index in [1.807, 2.05) is 6.07 Å². The Hall–Kier alpha value is -1.35. The van der Waals surface area contributed by atoms with Crippen LogP contribution in [0.15, 0.2) is 18.2 Å². The Morgan fingerprint density at radius 3 is 2.63 bits per heavy atom. The van der Waals surface area contributed by atoms with Gasteiger partial charge in [0.1, 0.15) is 0 Å². The summed E-state index contributed by atoms with van der Waals surface area (Å²) >= 11 is 0. The van der Waals surface area contributed by atoms with E-state index in [1.165, 1.54) is 11.1 Å². The van der Waals surface area contributed by atoms with Crippen LogP contribution in [0.25, 0.3) is 0 Å². The number of aliphatic hydroxyl groups is 1. The third-order valence-electron chi connectivity index (χ3n) is 3.64. The Bertz CT molecular complexity index is 415. The fourth-order valence-corrected chi connectivity index (χ4v) is 2.05. The average Bonchev–Trinajstić information content (AvgIpc) is 2.39. The molecule has 1 unspecified atom stereocenters. The van der Waals surface area contributed by atoms with Gasteiger partial charge in [-0.3, -0.25) is 4.79 Å². The first-order valence-electron chi connectivity index (χ1n) is 7.00. The normalized spacial score (nSPS) is 12.2. The summed E-state index contributed by atoms with van der Waals surface area (Å²) in [5, 5.41) is 11.9. The molecule has 19 heavy (non-hydrogen) atoms. The zero-order chi connectivity index (χ0) is 14.3. The SMILES string of the molecule is CCC(CCO)CNC(=O)Cc1ccc(C)c(C)c1. The van der Waals surface area contributed by atoms with Crippen LogP contribution < -0.4 is 5.32 Å². The molecule has 0 aliphatic rings. The van der Waals surface area contributed by atoms with Gasteiger partial charge in [0.05, 0.1) is 6.42 Å². The standard InChI is InChI=1S/C16H25NO2/c1-4-14(7-8-18)11-17-16(19)10-15-6-5-12(2)13(3)9-15/h5-6,9,14,18H,4,7-8,10-11H2,1-3H3,(H,17,19). The molecule has 3 nitrogen and oxygen atoms in total. The first kappa shape index (κ1) is 15.7. The molecule has 0 heterocycles. The second-order valence-electron chi connectivity index (χ2n) is 5.19. The minimum absolute atomic E-state index is 0.0552. The van der Waals surface area contributed by atoms with Gasteiger partial charge in [0.2, 0.25) is 5.91 Å². The number of carbonyl (C=O) groups excluding carboxylic acids is 1. The van der Waals surface area contributed by atoms with Crippen molar-refractivity contribution < 1.29 is 9.90 Å². The Kier molecular flexibility index (Phi) is 6.57. The number of amides is 1. The molecule has 1 rings (SSSR count). The van der Waals surface area contributed by atoms with Crippen LogP contribution in [0.5, 0.6) is 0 Å². The van der Waals surface area contributed by atoms with Crippen molar-refractivity contribution in [3.8, 4) is 0 Å². The Morgan fingerprint density at radius 1 is 1.32 bits per heavy atom. The summed E-state index contributed by atoms with van der Waals surface area (Å²) in [5.74, 6) is 0.424. The van der Waals surface area contributed by atoms with Crippen molar-refractivity contribution in [1.29, 1.82) is 0 Å². The maximum absolute atomic E-state index is 11.9. The van der Waals surface area contributed by atoms with Crippen LogP contribution in [0.2, 0.25) is 0 Å². The molecule has 0 spiro atoms. The molecular formula is C16H25NO2. The summed E-state index contributed by atoms with van der Waals surface area (Å²) < 4.78 is 0. The molecular weight excluding hydrogens is 238 g/mol. The number of aryl methyl sites for hydroxylation is 2. The first-order chi connectivity index (χ1) is 9.06. The third-order valence-corrected chi connectivity index (χ3v) is 3.64. The second-order valence-corrected chi connectivity index (χ2v) is 5.19. The molecule has 1 amide bonds. The van der Waals surface area contributed by atoms with Gasteiger partial charge in [0.25, 0.3) is 0 Å². The van der Waals surface area contributed by atoms with Crippen LogP contribution in [0.4, 0.5) is 0 Å². The van der Waals surface area contributed by atoms with Crippen LogP contribution in [0, 0.1) is 19.8 Å². The van der Waals surface area contributed by atoms with E-state index in [2.05, 4.69) is 38.2 Å². The van der Waals surface area contributed by atoms with Gasteiger partial charge in [-0.05, 0) is 42.9 Å². The molecule has 0 fully saturated rings. The van der Waals surface area contributed by atoms with Crippen molar-refractivity contribution in [3.05, 3.63) is 34.9 Å². The average molecular weight is 263 g/mol. The van der Waals surface area contributed by atoms with E-state index in [4.69, 9.17) is 5.11 Å². The Labute approximate surface area is 116 Å². The molecule has 3 heteroatoms. The second kappa shape index (κ2) is 7.95. The minimum atomic E-state index is 0.0552. The fourth-order valence-electron chi connectivity index (χ4n) is 2.05. The summed E-state index contributed by atoms with van der Waals surface area (Å²) in [6, 6.07) is 6.13. The molecule has 0 bridgehead atoms. The highest BCUT2D eigenvalue weighted by atomic mass is 16.3. The van der Waals surface area contributed by atoms with Crippen LogP contribution in [-0.2, 0) is 11.2 Å². The van der Waals surface area contributed by atoms with Gasteiger partial charge >= 0.3 is 0 Å². The first-order valence-corrected chi connectivity index (χ1v) is 7.00. The molecule has 2 N–H and O–H groups in total. The number of hydrogen-bond donors (Lipinski definition) is 2. The Morgan fingerprint density at radius 2 is 2.05 bits per heavy atom. The number of benzene rings is 1. The van der Waals surface area contributed by atoms with Gasteiger partial charge < -0.3 is 10.4 Å². The smallest absolute Gasteiger partial charge is 0.224 e. The van der Waals surface area contributed by atoms with Crippen LogP contribution in [0.3, 0.4) is 0 Å². The fraction of sp³-hybridized carbons (Fsp3) is 0.562. The monoisotopic (exact) mass is 263 g/mol. The zero-order valence-electron chi connectivity index (χ0n) is 12.2. The lowest BCUT2D eigenvalue weighted by atomic mass is 10.0. The van der Waals surface area contributed by atoms with Gasteiger partial charge in [-0.2, -0.15) is 0 Å². The molecule has 106 valence electrons. The lowest BCUT2D eigenvalue weighted by Crippen LogP contribution is -2.30. The molecule has 0 aromatic heterocycles. The number of rotatable bonds is 7. The summed E-state index contributed by atoms with van der Waals surface area (Å²) in [4.78, 5) is 11.9. The van der Waals surface area contributed by atoms with E-state index in [-0.39, 0.29) is 12.5 Å². The van der Waals surface area contributed by atoms with Crippen molar-refractivity contribution in [3.63, 3.8) is 0 Å². The van der Waals surface area contributed by atoms with Gasteiger partial charge in [-0.1, -0.05) is 31.5 Å². The van der Waals surface area contributed by atoms with Gasteiger partial charge in [-0.15, -0.1) is 0 Å². The lowest BCUT2D eigenvalue weighted by Gasteiger charge is -2.14. The highest BCUT2D eigenvalue weighted by Crippen LogP contribution is 2.10. The van der Waals surface area contributed by atoms with E-state index in [0.717, 1.165) is 18.4 Å². The molecule has 0 aliphatic carbocycles. The summed E-state index contributed by atoms with van der Waals surface area (Å²) in [5.41, 5.74) is 3.52. The van der Waals surface area contributed by atoms with Gasteiger partial charge in [0, 0.05) is 13.2 Å². The third kappa shape index (κ3) is 5.43. The zero-order valence-corrected chi connectivity index (χ0v) is 12.2.